The third-order valence-corrected chi connectivity index (χ3v) is 4.22. The minimum Gasteiger partial charge on any atom is -0.430 e. The lowest BCUT2D eigenvalue weighted by Gasteiger charge is -2.36. The molecule has 1 aromatic heterocycles. The molecule has 0 bridgehead atoms. The van der Waals surface area contributed by atoms with Crippen LogP contribution in [0.2, 0.25) is 0 Å². The van der Waals surface area contributed by atoms with Gasteiger partial charge in [-0.1, -0.05) is 0 Å². The highest BCUT2D eigenvalue weighted by Crippen LogP contribution is 2.31. The summed E-state index contributed by atoms with van der Waals surface area (Å²) in [5.74, 6) is 0. The van der Waals surface area contributed by atoms with Crippen LogP contribution < -0.4 is 5.32 Å². The fourth-order valence-electron chi connectivity index (χ4n) is 2.89. The van der Waals surface area contributed by atoms with E-state index in [4.69, 9.17) is 9.47 Å². The molecule has 23 heavy (non-hydrogen) atoms. The molecule has 2 saturated heterocycles. The number of hydrogen-bond acceptors (Lipinski definition) is 6. The van der Waals surface area contributed by atoms with Gasteiger partial charge in [-0.15, -0.1) is 0 Å². The van der Waals surface area contributed by atoms with Crippen LogP contribution in [0.4, 0.5) is 9.59 Å². The Labute approximate surface area is 134 Å². The van der Waals surface area contributed by atoms with Crippen LogP contribution in [-0.2, 0) is 15.9 Å². The van der Waals surface area contributed by atoms with E-state index in [1.54, 1.807) is 23.5 Å². The van der Waals surface area contributed by atoms with Gasteiger partial charge in [-0.05, 0) is 6.92 Å². The summed E-state index contributed by atoms with van der Waals surface area (Å²) in [6.07, 6.45) is 6.18. The molecule has 0 aliphatic carbocycles. The van der Waals surface area contributed by atoms with Crippen LogP contribution in [0.1, 0.15) is 25.5 Å². The zero-order valence-corrected chi connectivity index (χ0v) is 13.0. The van der Waals surface area contributed by atoms with E-state index in [0.29, 0.717) is 32.4 Å². The van der Waals surface area contributed by atoms with Crippen LogP contribution in [0.5, 0.6) is 0 Å². The number of hydrogen-bond donors (Lipinski definition) is 1. The Morgan fingerprint density at radius 3 is 2.83 bits per heavy atom. The molecular weight excluding hydrogens is 300 g/mol. The summed E-state index contributed by atoms with van der Waals surface area (Å²) in [5, 5.41) is 2.97. The highest BCUT2D eigenvalue weighted by molar-refractivity contribution is 5.74. The number of nitrogens with zero attached hydrogens (tertiary/aromatic N) is 3. The summed E-state index contributed by atoms with van der Waals surface area (Å²) in [5.41, 5.74) is 0.298. The van der Waals surface area contributed by atoms with Gasteiger partial charge in [0, 0.05) is 57.0 Å². The summed E-state index contributed by atoms with van der Waals surface area (Å²) < 4.78 is 10.1. The lowest BCUT2D eigenvalue weighted by Crippen LogP contribution is -2.52. The first-order chi connectivity index (χ1) is 11.1. The van der Waals surface area contributed by atoms with Gasteiger partial charge >= 0.3 is 12.2 Å². The van der Waals surface area contributed by atoms with Gasteiger partial charge in [0.15, 0.2) is 5.60 Å². The van der Waals surface area contributed by atoms with E-state index in [-0.39, 0.29) is 18.7 Å². The molecule has 3 rings (SSSR count). The standard InChI is InChI=1S/C15H20N4O4/c1-11(8-12-9-16-4-5-17-12)18-13(20)19-6-2-15(3-7-19)10-22-14(21)23-15/h4-5,9,11H,2-3,6-8,10H2,1H3,(H,18,20). The van der Waals surface area contributed by atoms with Crippen molar-refractivity contribution in [2.75, 3.05) is 19.7 Å². The van der Waals surface area contributed by atoms with E-state index in [1.807, 2.05) is 6.92 Å². The number of rotatable bonds is 3. The van der Waals surface area contributed by atoms with Crippen molar-refractivity contribution in [2.24, 2.45) is 0 Å². The van der Waals surface area contributed by atoms with E-state index in [1.165, 1.54) is 0 Å². The number of cyclic esters (lactones) is 1. The fraction of sp³-hybridized carbons (Fsp3) is 0.600. The minimum atomic E-state index is -0.611. The van der Waals surface area contributed by atoms with Gasteiger partial charge in [0.2, 0.25) is 0 Å². The molecule has 0 radical (unpaired) electrons. The van der Waals surface area contributed by atoms with Gasteiger partial charge in [0.05, 0.1) is 5.69 Å². The van der Waals surface area contributed by atoms with Crippen LogP contribution >= 0.6 is 0 Å². The fourth-order valence-corrected chi connectivity index (χ4v) is 2.89. The largest absolute Gasteiger partial charge is 0.509 e. The SMILES string of the molecule is CC(Cc1cnccn1)NC(=O)N1CCC2(CC1)COC(=O)O2. The van der Waals surface area contributed by atoms with Crippen molar-refractivity contribution in [2.45, 2.75) is 37.8 Å². The van der Waals surface area contributed by atoms with Crippen molar-refractivity contribution in [1.82, 2.24) is 20.2 Å². The number of nitrogens with one attached hydrogen (secondary N) is 1. The quantitative estimate of drug-likeness (QED) is 0.839. The van der Waals surface area contributed by atoms with Gasteiger partial charge in [0.1, 0.15) is 6.61 Å². The Hall–Kier alpha value is -2.38. The Morgan fingerprint density at radius 1 is 1.43 bits per heavy atom. The summed E-state index contributed by atoms with van der Waals surface area (Å²) in [7, 11) is 0. The van der Waals surface area contributed by atoms with Gasteiger partial charge in [0.25, 0.3) is 0 Å². The van der Waals surface area contributed by atoms with Crippen LogP contribution in [-0.4, -0.2) is 58.4 Å². The first-order valence-corrected chi connectivity index (χ1v) is 7.72. The first kappa shape index (κ1) is 15.5. The molecule has 2 fully saturated rings. The second-order valence-corrected chi connectivity index (χ2v) is 6.06. The molecule has 8 nitrogen and oxygen atoms in total. The molecule has 2 aliphatic rings. The van der Waals surface area contributed by atoms with Crippen molar-refractivity contribution >= 4 is 12.2 Å². The molecule has 1 aromatic rings. The zero-order valence-electron chi connectivity index (χ0n) is 13.0. The third-order valence-electron chi connectivity index (χ3n) is 4.22. The lowest BCUT2D eigenvalue weighted by molar-refractivity contribution is 0.00918. The monoisotopic (exact) mass is 320 g/mol. The molecule has 1 atom stereocenters. The topological polar surface area (TPSA) is 93.7 Å². The molecule has 3 heterocycles. The van der Waals surface area contributed by atoms with Crippen LogP contribution in [0.15, 0.2) is 18.6 Å². The van der Waals surface area contributed by atoms with Crippen molar-refractivity contribution in [3.8, 4) is 0 Å². The molecule has 1 spiro atoms. The molecular formula is C15H20N4O4. The summed E-state index contributed by atoms with van der Waals surface area (Å²) in [6, 6.07) is -0.149. The summed E-state index contributed by atoms with van der Waals surface area (Å²) in [4.78, 5) is 33.4. The predicted molar refractivity (Wildman–Crippen MR) is 79.7 cm³/mol. The van der Waals surface area contributed by atoms with Crippen LogP contribution in [0.3, 0.4) is 0 Å². The molecule has 0 aromatic carbocycles. The van der Waals surface area contributed by atoms with Gasteiger partial charge in [-0.3, -0.25) is 9.97 Å². The maximum absolute atomic E-state index is 12.3. The summed E-state index contributed by atoms with van der Waals surface area (Å²) in [6.45, 7) is 3.30. The Balaban J connectivity index is 1.47. The van der Waals surface area contributed by atoms with Gasteiger partial charge in [-0.2, -0.15) is 0 Å². The first-order valence-electron chi connectivity index (χ1n) is 7.72. The second-order valence-electron chi connectivity index (χ2n) is 6.06. The van der Waals surface area contributed by atoms with Gasteiger partial charge in [-0.25, -0.2) is 9.59 Å². The average Bonchev–Trinajstić information content (AvgIpc) is 2.89. The minimum absolute atomic E-state index is 0.0391. The highest BCUT2D eigenvalue weighted by Gasteiger charge is 2.45. The number of aromatic nitrogens is 2. The predicted octanol–water partition coefficient (Wildman–Crippen LogP) is 1.12. The molecule has 2 aliphatic heterocycles. The molecule has 1 N–H and O–H groups in total. The number of carbonyl (C=O) groups excluding carboxylic acids is 2. The smallest absolute Gasteiger partial charge is 0.430 e. The van der Waals surface area contributed by atoms with E-state index in [0.717, 1.165) is 5.69 Å². The van der Waals surface area contributed by atoms with Crippen molar-refractivity contribution in [3.05, 3.63) is 24.3 Å². The number of piperidine rings is 1. The summed E-state index contributed by atoms with van der Waals surface area (Å²) >= 11 is 0. The number of carbonyl (C=O) groups is 2. The van der Waals surface area contributed by atoms with E-state index in [2.05, 4.69) is 15.3 Å². The number of likely N-dealkylation sites (tertiary alicyclic amines) is 1. The van der Waals surface area contributed by atoms with Crippen LogP contribution in [0, 0.1) is 0 Å². The van der Waals surface area contributed by atoms with E-state index < -0.39 is 11.8 Å². The van der Waals surface area contributed by atoms with E-state index in [9.17, 15) is 9.59 Å². The lowest BCUT2D eigenvalue weighted by atomic mass is 9.92. The molecule has 8 heteroatoms. The number of ether oxygens (including phenoxy) is 2. The average molecular weight is 320 g/mol. The Bertz CT molecular complexity index is 572. The maximum Gasteiger partial charge on any atom is 0.509 e. The molecule has 1 unspecified atom stereocenters. The molecule has 2 amide bonds. The van der Waals surface area contributed by atoms with Crippen molar-refractivity contribution in [1.29, 1.82) is 0 Å². The zero-order chi connectivity index (χ0) is 16.3. The Morgan fingerprint density at radius 2 is 2.22 bits per heavy atom. The van der Waals surface area contributed by atoms with Gasteiger partial charge < -0.3 is 19.7 Å². The molecule has 124 valence electrons. The van der Waals surface area contributed by atoms with Crippen LogP contribution in [0.25, 0.3) is 0 Å². The Kier molecular flexibility index (Phi) is 4.31. The normalized spacial score (nSPS) is 20.7. The van der Waals surface area contributed by atoms with E-state index >= 15 is 0 Å². The number of amides is 2. The third kappa shape index (κ3) is 3.69. The number of urea groups is 1. The maximum atomic E-state index is 12.3. The highest BCUT2D eigenvalue weighted by atomic mass is 16.8. The molecule has 0 saturated carbocycles. The van der Waals surface area contributed by atoms with Crippen molar-refractivity contribution < 1.29 is 19.1 Å². The van der Waals surface area contributed by atoms with Crippen molar-refractivity contribution in [3.63, 3.8) is 0 Å². The second kappa shape index (κ2) is 6.39.